The van der Waals surface area contributed by atoms with E-state index in [0.717, 1.165) is 62.5 Å². The van der Waals surface area contributed by atoms with Crippen LogP contribution in [0.5, 0.6) is 0 Å². The third-order valence-electron chi connectivity index (χ3n) is 14.1. The van der Waals surface area contributed by atoms with Gasteiger partial charge in [-0.25, -0.2) is 9.59 Å². The smallest absolute Gasteiger partial charge is 0.330 e. The van der Waals surface area contributed by atoms with E-state index in [1.807, 2.05) is 36.5 Å². The first-order valence-corrected chi connectivity index (χ1v) is 26.7. The van der Waals surface area contributed by atoms with E-state index in [1.54, 1.807) is 36.5 Å². The highest BCUT2D eigenvalue weighted by atomic mass is 16.6. The zero-order chi connectivity index (χ0) is 52.3. The summed E-state index contributed by atoms with van der Waals surface area (Å²) in [6, 6.07) is 0. The van der Waals surface area contributed by atoms with Gasteiger partial charge in [0.15, 0.2) is 0 Å². The topological polar surface area (TPSA) is 183 Å². The Morgan fingerprint density at radius 1 is 0.587 bits per heavy atom. The summed E-state index contributed by atoms with van der Waals surface area (Å²) in [5.74, 6) is -0.263. The van der Waals surface area contributed by atoms with Crippen molar-refractivity contribution in [1.82, 2.24) is 0 Å². The van der Waals surface area contributed by atoms with Crippen LogP contribution in [0.2, 0.25) is 0 Å². The summed E-state index contributed by atoms with van der Waals surface area (Å²) >= 11 is 0. The minimum absolute atomic E-state index is 0. The Morgan fingerprint density at radius 2 is 1.07 bits per heavy atom. The third kappa shape index (κ3) is 23.1. The lowest BCUT2D eigenvalue weighted by Crippen LogP contribution is -2.32. The van der Waals surface area contributed by atoms with Crippen molar-refractivity contribution in [2.75, 3.05) is 13.2 Å². The largest absolute Gasteiger partial charge is 0.456 e. The van der Waals surface area contributed by atoms with Gasteiger partial charge >= 0.3 is 11.9 Å². The molecule has 4 bridgehead atoms. The summed E-state index contributed by atoms with van der Waals surface area (Å²) < 4.78 is 40.8. The number of fused-ring (bicyclic) bond motifs is 5. The number of aliphatic hydroxyl groups is 4. The maximum Gasteiger partial charge on any atom is 0.330 e. The molecule has 0 saturated carbocycles. The van der Waals surface area contributed by atoms with Crippen molar-refractivity contribution in [3.8, 4) is 0 Å². The molecule has 7 rings (SSSR count). The van der Waals surface area contributed by atoms with Crippen LogP contribution in [0.3, 0.4) is 0 Å². The Bertz CT molecular complexity index is 2090. The van der Waals surface area contributed by atoms with Crippen LogP contribution in [-0.4, -0.2) is 131 Å². The molecule has 0 aliphatic carbocycles. The molecule has 0 spiro atoms. The molecular weight excluding hydrogens is 953 g/mol. The van der Waals surface area contributed by atoms with E-state index in [0.29, 0.717) is 50.7 Å². The van der Waals surface area contributed by atoms with Gasteiger partial charge in [0.05, 0.1) is 68.1 Å². The predicted molar refractivity (Wildman–Crippen MR) is 295 cm³/mol. The molecule has 0 aromatic carbocycles. The molecule has 4 N–H and O–H groups in total. The molecule has 1 saturated heterocycles. The SMILES string of the molecule is C.C.C=C1C[C@H](C)C[C@@H]2CC=C[C@@H](C/C=C\C(=O)O[C@H]([C@@H](O)/C=C/[C@@H]3CC(C)=CCO3)C/C=C/[C@@H](O)C1)O2.C=C1C[C@H](C)C[C@@H]2CC=C[C@@H](C/C=C\C(=O)O[C@H]([C@@H](O)/C=C/[C@@H]3CC(C)=CCO3)C[C@@H]3O[C@H]3[C@@H](O)C1)O2. The fourth-order valence-corrected chi connectivity index (χ4v) is 10.3. The van der Waals surface area contributed by atoms with Crippen LogP contribution in [0.15, 0.2) is 133 Å². The van der Waals surface area contributed by atoms with Gasteiger partial charge in [0.25, 0.3) is 0 Å². The average molecular weight is 1050 g/mol. The van der Waals surface area contributed by atoms with E-state index in [-0.39, 0.29) is 76.5 Å². The van der Waals surface area contributed by atoms with Crippen LogP contribution >= 0.6 is 0 Å². The normalized spacial score (nSPS) is 36.7. The van der Waals surface area contributed by atoms with Gasteiger partial charge in [-0.2, -0.15) is 0 Å². The minimum Gasteiger partial charge on any atom is -0.456 e. The number of hydrogen-bond acceptors (Lipinski definition) is 13. The van der Waals surface area contributed by atoms with Gasteiger partial charge in [-0.15, -0.1) is 0 Å². The molecule has 16 atom stereocenters. The zero-order valence-corrected chi connectivity index (χ0v) is 43.7. The van der Waals surface area contributed by atoms with Crippen LogP contribution in [0.4, 0.5) is 0 Å². The number of cyclic esters (lactones) is 2. The highest BCUT2D eigenvalue weighted by Gasteiger charge is 2.47. The van der Waals surface area contributed by atoms with Crippen molar-refractivity contribution in [3.05, 3.63) is 133 Å². The highest BCUT2D eigenvalue weighted by molar-refractivity contribution is 5.82. The lowest BCUT2D eigenvalue weighted by atomic mass is 9.91. The summed E-state index contributed by atoms with van der Waals surface area (Å²) in [5, 5.41) is 42.9. The van der Waals surface area contributed by atoms with Gasteiger partial charge in [0.2, 0.25) is 0 Å². The molecule has 7 heterocycles. The first-order chi connectivity index (χ1) is 35.0. The summed E-state index contributed by atoms with van der Waals surface area (Å²) in [6.07, 6.45) is 32.7. The Hall–Kier alpha value is -4.28. The van der Waals surface area contributed by atoms with Gasteiger partial charge < -0.3 is 53.6 Å². The second kappa shape index (κ2) is 32.5. The van der Waals surface area contributed by atoms with E-state index in [4.69, 9.17) is 33.2 Å². The molecule has 75 heavy (non-hydrogen) atoms. The van der Waals surface area contributed by atoms with Crippen molar-refractivity contribution in [3.63, 3.8) is 0 Å². The summed E-state index contributed by atoms with van der Waals surface area (Å²) in [6.45, 7) is 17.9. The maximum absolute atomic E-state index is 12.6. The van der Waals surface area contributed by atoms with E-state index in [1.165, 1.54) is 23.3 Å². The van der Waals surface area contributed by atoms with E-state index >= 15 is 0 Å². The summed E-state index contributed by atoms with van der Waals surface area (Å²) in [7, 11) is 0. The lowest BCUT2D eigenvalue weighted by Gasteiger charge is -2.28. The van der Waals surface area contributed by atoms with Crippen molar-refractivity contribution in [2.45, 2.75) is 218 Å². The highest BCUT2D eigenvalue weighted by Crippen LogP contribution is 2.35. The van der Waals surface area contributed by atoms with Crippen molar-refractivity contribution >= 4 is 11.9 Å². The molecular formula is C62H92O13. The molecule has 0 aromatic heterocycles. The van der Waals surface area contributed by atoms with Crippen molar-refractivity contribution in [1.29, 1.82) is 0 Å². The number of hydrogen-bond donors (Lipinski definition) is 4. The molecule has 0 radical (unpaired) electrons. The zero-order valence-electron chi connectivity index (χ0n) is 43.7. The molecule has 13 heteroatoms. The fourth-order valence-electron chi connectivity index (χ4n) is 10.3. The quantitative estimate of drug-likeness (QED) is 0.112. The van der Waals surface area contributed by atoms with E-state index in [9.17, 15) is 30.0 Å². The number of esters is 2. The van der Waals surface area contributed by atoms with E-state index < -0.39 is 48.6 Å². The van der Waals surface area contributed by atoms with Crippen LogP contribution in [0.25, 0.3) is 0 Å². The van der Waals surface area contributed by atoms with Gasteiger partial charge in [0, 0.05) is 25.0 Å². The number of carbonyl (C=O) groups excluding carboxylic acids is 2. The van der Waals surface area contributed by atoms with Crippen LogP contribution < -0.4 is 0 Å². The Kier molecular flexibility index (Phi) is 27.4. The Balaban J connectivity index is 0.000000316. The van der Waals surface area contributed by atoms with Gasteiger partial charge in [0.1, 0.15) is 30.5 Å². The van der Waals surface area contributed by atoms with Gasteiger partial charge in [-0.05, 0) is 103 Å². The lowest BCUT2D eigenvalue weighted by molar-refractivity contribution is -0.148. The molecule has 0 aromatic rings. The molecule has 7 aliphatic heterocycles. The van der Waals surface area contributed by atoms with Crippen LogP contribution in [0, 0.1) is 11.8 Å². The second-order valence-electron chi connectivity index (χ2n) is 21.3. The number of aliphatic hydroxyl groups excluding tert-OH is 4. The third-order valence-corrected chi connectivity index (χ3v) is 14.1. The average Bonchev–Trinajstić information content (AvgIpc) is 4.11. The first kappa shape index (κ1) is 63.3. The first-order valence-electron chi connectivity index (χ1n) is 26.7. The standard InChI is InChI=1S/C30H42O7.C30H42O6.2CH4/c1-19-12-13-34-23(15-19)10-11-25(31)27-18-28-30(37-28)26(32)17-21(3)14-20(2)16-24-8-4-6-22(35-24)7-5-9-29(33)36-27;1-21-15-16-34-26(19-21)13-14-28(32)29-11-4-7-24(31)18-22(2)17-23(3)20-27-10-5-8-25(35-27)9-6-12-30(33)36-29;;/h4-6,9-12,20,22-28,30-32H,3,7-8,13-18H2,1-2H3;4-8,12-15,23-29,31-32H,2,9-11,16-20H2,1,3H3;2*1H4/b9-5-,11-10+;7-4+,12-6-,14-13+;;/t20-,22-,23+,24-,25-,26-,27-,28-,30-;23-,24+,25-,26+,27-,28-,29-;;/m00../s1. The molecule has 13 nitrogen and oxygen atoms in total. The fraction of sp³-hybridized carbons (Fsp3) is 0.613. The minimum atomic E-state index is -1.03. The van der Waals surface area contributed by atoms with Gasteiger partial charge in [-0.3, -0.25) is 0 Å². The second-order valence-corrected chi connectivity index (χ2v) is 21.3. The Morgan fingerprint density at radius 3 is 1.59 bits per heavy atom. The summed E-state index contributed by atoms with van der Waals surface area (Å²) in [5.41, 5.74) is 4.47. The van der Waals surface area contributed by atoms with Crippen LogP contribution in [0.1, 0.15) is 132 Å². The number of rotatable bonds is 6. The molecule has 0 unspecified atom stereocenters. The predicted octanol–water partition coefficient (Wildman–Crippen LogP) is 10.3. The molecule has 418 valence electrons. The van der Waals surface area contributed by atoms with Gasteiger partial charge in [-0.1, -0.05) is 149 Å². The number of ether oxygens (including phenoxy) is 7. The number of carbonyl (C=O) groups is 2. The monoisotopic (exact) mass is 1040 g/mol. The van der Waals surface area contributed by atoms with Crippen molar-refractivity contribution < 1.29 is 63.2 Å². The van der Waals surface area contributed by atoms with E-state index in [2.05, 4.69) is 53.0 Å². The van der Waals surface area contributed by atoms with Crippen LogP contribution in [-0.2, 0) is 42.7 Å². The molecule has 7 aliphatic rings. The number of epoxide rings is 1. The Labute approximate surface area is 449 Å². The molecule has 0 amide bonds. The maximum atomic E-state index is 12.6. The molecule has 1 fully saturated rings. The van der Waals surface area contributed by atoms with Crippen molar-refractivity contribution in [2.24, 2.45) is 11.8 Å². The summed E-state index contributed by atoms with van der Waals surface area (Å²) in [4.78, 5) is 25.2.